The summed E-state index contributed by atoms with van der Waals surface area (Å²) in [5.41, 5.74) is 0.985. The largest absolute Gasteiger partial charge is 0.478 e. The normalized spacial score (nSPS) is 21.0. The summed E-state index contributed by atoms with van der Waals surface area (Å²) in [5, 5.41) is 19.9. The molecule has 0 bridgehead atoms. The van der Waals surface area contributed by atoms with Crippen molar-refractivity contribution >= 4 is 23.4 Å². The SMILES string of the molecule is O=C(O)C=Cc1ccsc1CN1CCCC(CO)C1. The first-order chi connectivity index (χ1) is 9.19. The van der Waals surface area contributed by atoms with E-state index >= 15 is 0 Å². The van der Waals surface area contributed by atoms with Crippen LogP contribution in [-0.4, -0.2) is 40.8 Å². The Morgan fingerprint density at radius 1 is 1.58 bits per heavy atom. The third kappa shape index (κ3) is 4.16. The Balaban J connectivity index is 1.99. The quantitative estimate of drug-likeness (QED) is 0.811. The van der Waals surface area contributed by atoms with E-state index in [9.17, 15) is 9.90 Å². The van der Waals surface area contributed by atoms with Gasteiger partial charge in [0.15, 0.2) is 0 Å². The summed E-state index contributed by atoms with van der Waals surface area (Å²) in [6, 6.07) is 1.95. The number of aliphatic carboxylic acids is 1. The van der Waals surface area contributed by atoms with E-state index in [1.54, 1.807) is 17.4 Å². The van der Waals surface area contributed by atoms with E-state index in [1.807, 2.05) is 11.4 Å². The Morgan fingerprint density at radius 3 is 3.16 bits per heavy atom. The van der Waals surface area contributed by atoms with Gasteiger partial charge in [0.25, 0.3) is 0 Å². The van der Waals surface area contributed by atoms with Gasteiger partial charge in [-0.1, -0.05) is 0 Å². The number of hydrogen-bond acceptors (Lipinski definition) is 4. The second-order valence-electron chi connectivity index (χ2n) is 4.90. The highest BCUT2D eigenvalue weighted by Gasteiger charge is 2.20. The fourth-order valence-electron chi connectivity index (χ4n) is 2.44. The summed E-state index contributed by atoms with van der Waals surface area (Å²) in [5.74, 6) is -0.540. The maximum Gasteiger partial charge on any atom is 0.328 e. The van der Waals surface area contributed by atoms with Crippen LogP contribution in [0, 0.1) is 5.92 Å². The Kier molecular flexibility index (Phi) is 5.13. The second kappa shape index (κ2) is 6.84. The predicted molar refractivity (Wildman–Crippen MR) is 76.1 cm³/mol. The van der Waals surface area contributed by atoms with Crippen molar-refractivity contribution in [3.8, 4) is 0 Å². The molecule has 1 saturated heterocycles. The number of rotatable bonds is 5. The molecule has 0 radical (unpaired) electrons. The Bertz CT molecular complexity index is 455. The lowest BCUT2D eigenvalue weighted by Gasteiger charge is -2.31. The minimum absolute atomic E-state index is 0.257. The first kappa shape index (κ1) is 14.2. The molecule has 1 aliphatic rings. The molecule has 2 rings (SSSR count). The molecule has 0 aromatic carbocycles. The van der Waals surface area contributed by atoms with Crippen molar-refractivity contribution in [1.29, 1.82) is 0 Å². The van der Waals surface area contributed by atoms with E-state index in [1.165, 1.54) is 11.0 Å². The monoisotopic (exact) mass is 281 g/mol. The van der Waals surface area contributed by atoms with E-state index < -0.39 is 5.97 Å². The van der Waals surface area contributed by atoms with Gasteiger partial charge in [0.2, 0.25) is 0 Å². The summed E-state index contributed by atoms with van der Waals surface area (Å²) in [6.45, 7) is 3.08. The summed E-state index contributed by atoms with van der Waals surface area (Å²) in [4.78, 5) is 14.1. The molecule has 104 valence electrons. The topological polar surface area (TPSA) is 60.8 Å². The zero-order valence-electron chi connectivity index (χ0n) is 10.8. The van der Waals surface area contributed by atoms with Crippen molar-refractivity contribution < 1.29 is 15.0 Å². The van der Waals surface area contributed by atoms with Crippen molar-refractivity contribution in [2.75, 3.05) is 19.7 Å². The zero-order chi connectivity index (χ0) is 13.7. The molecule has 19 heavy (non-hydrogen) atoms. The van der Waals surface area contributed by atoms with Gasteiger partial charge in [0.1, 0.15) is 0 Å². The van der Waals surface area contributed by atoms with E-state index in [0.717, 1.165) is 38.0 Å². The summed E-state index contributed by atoms with van der Waals surface area (Å²) in [7, 11) is 0. The van der Waals surface area contributed by atoms with Crippen LogP contribution in [0.25, 0.3) is 6.08 Å². The molecule has 0 amide bonds. The molecule has 1 aromatic rings. The number of hydrogen-bond donors (Lipinski definition) is 2. The van der Waals surface area contributed by atoms with Gasteiger partial charge >= 0.3 is 5.97 Å². The molecular weight excluding hydrogens is 262 g/mol. The van der Waals surface area contributed by atoms with Crippen LogP contribution < -0.4 is 0 Å². The Labute approximate surface area is 117 Å². The van der Waals surface area contributed by atoms with Gasteiger partial charge < -0.3 is 10.2 Å². The van der Waals surface area contributed by atoms with Crippen molar-refractivity contribution in [1.82, 2.24) is 4.90 Å². The number of likely N-dealkylation sites (tertiary alicyclic amines) is 1. The summed E-state index contributed by atoms with van der Waals surface area (Å²) in [6.07, 6.45) is 5.06. The number of nitrogens with zero attached hydrogens (tertiary/aromatic N) is 1. The third-order valence-corrected chi connectivity index (χ3v) is 4.34. The van der Waals surface area contributed by atoms with Crippen LogP contribution in [0.1, 0.15) is 23.3 Å². The van der Waals surface area contributed by atoms with Crippen LogP contribution in [0.3, 0.4) is 0 Å². The van der Waals surface area contributed by atoms with Crippen LogP contribution in [0.2, 0.25) is 0 Å². The standard InChI is InChI=1S/C14H19NO3S/c16-10-11-2-1-6-15(8-11)9-13-12(5-7-19-13)3-4-14(17)18/h3-5,7,11,16H,1-2,6,8-10H2,(H,17,18). The molecule has 0 saturated carbocycles. The lowest BCUT2D eigenvalue weighted by atomic mass is 9.99. The lowest BCUT2D eigenvalue weighted by Crippen LogP contribution is -2.36. The number of aliphatic hydroxyl groups is 1. The molecule has 0 aliphatic carbocycles. The van der Waals surface area contributed by atoms with Crippen molar-refractivity contribution in [3.05, 3.63) is 28.0 Å². The van der Waals surface area contributed by atoms with Crippen LogP contribution in [0.4, 0.5) is 0 Å². The molecule has 1 aromatic heterocycles. The average Bonchev–Trinajstić information content (AvgIpc) is 2.84. The van der Waals surface area contributed by atoms with Crippen LogP contribution in [0.5, 0.6) is 0 Å². The molecule has 0 spiro atoms. The molecule has 1 unspecified atom stereocenters. The first-order valence-corrected chi connectivity index (χ1v) is 7.37. The lowest BCUT2D eigenvalue weighted by molar-refractivity contribution is -0.131. The highest BCUT2D eigenvalue weighted by atomic mass is 32.1. The van der Waals surface area contributed by atoms with Gasteiger partial charge in [-0.15, -0.1) is 11.3 Å². The van der Waals surface area contributed by atoms with Crippen molar-refractivity contribution in [3.63, 3.8) is 0 Å². The van der Waals surface area contributed by atoms with Gasteiger partial charge in [0.05, 0.1) is 0 Å². The average molecular weight is 281 g/mol. The number of piperidine rings is 1. The van der Waals surface area contributed by atoms with E-state index in [0.29, 0.717) is 5.92 Å². The number of thiophene rings is 1. The minimum Gasteiger partial charge on any atom is -0.478 e. The van der Waals surface area contributed by atoms with Gasteiger partial charge in [-0.25, -0.2) is 4.79 Å². The third-order valence-electron chi connectivity index (χ3n) is 3.41. The zero-order valence-corrected chi connectivity index (χ0v) is 11.6. The second-order valence-corrected chi connectivity index (χ2v) is 5.90. The summed E-state index contributed by atoms with van der Waals surface area (Å²) < 4.78 is 0. The number of carboxylic acid groups (broad SMARTS) is 1. The molecular formula is C14H19NO3S. The summed E-state index contributed by atoms with van der Waals surface area (Å²) >= 11 is 1.66. The molecule has 2 N–H and O–H groups in total. The van der Waals surface area contributed by atoms with E-state index in [4.69, 9.17) is 5.11 Å². The number of carboxylic acids is 1. The van der Waals surface area contributed by atoms with Crippen molar-refractivity contribution in [2.45, 2.75) is 19.4 Å². The smallest absolute Gasteiger partial charge is 0.328 e. The predicted octanol–water partition coefficient (Wildman–Crippen LogP) is 2.05. The van der Waals surface area contributed by atoms with Gasteiger partial charge in [-0.05, 0) is 48.4 Å². The molecule has 5 heteroatoms. The van der Waals surface area contributed by atoms with Crippen LogP contribution in [-0.2, 0) is 11.3 Å². The van der Waals surface area contributed by atoms with Gasteiger partial charge in [0, 0.05) is 30.6 Å². The minimum atomic E-state index is -0.921. The fraction of sp³-hybridized carbons (Fsp3) is 0.500. The van der Waals surface area contributed by atoms with E-state index in [-0.39, 0.29) is 6.61 Å². The van der Waals surface area contributed by atoms with Crippen LogP contribution in [0.15, 0.2) is 17.5 Å². The molecule has 1 atom stereocenters. The van der Waals surface area contributed by atoms with Gasteiger partial charge in [-0.3, -0.25) is 4.90 Å². The molecule has 4 nitrogen and oxygen atoms in total. The molecule has 1 aliphatic heterocycles. The number of carbonyl (C=O) groups is 1. The highest BCUT2D eigenvalue weighted by Crippen LogP contribution is 2.23. The molecule has 1 fully saturated rings. The number of aliphatic hydroxyl groups excluding tert-OH is 1. The highest BCUT2D eigenvalue weighted by molar-refractivity contribution is 7.10. The maximum absolute atomic E-state index is 10.6. The van der Waals surface area contributed by atoms with E-state index in [2.05, 4.69) is 4.90 Å². The fourth-order valence-corrected chi connectivity index (χ4v) is 3.34. The Hall–Kier alpha value is -1.17. The first-order valence-electron chi connectivity index (χ1n) is 6.49. The van der Waals surface area contributed by atoms with Gasteiger partial charge in [-0.2, -0.15) is 0 Å². The Morgan fingerprint density at radius 2 is 2.42 bits per heavy atom. The molecule has 2 heterocycles. The maximum atomic E-state index is 10.6. The van der Waals surface area contributed by atoms with Crippen LogP contribution >= 0.6 is 11.3 Å². The van der Waals surface area contributed by atoms with Crippen molar-refractivity contribution in [2.24, 2.45) is 5.92 Å².